The van der Waals surface area contributed by atoms with E-state index in [0.717, 1.165) is 6.42 Å². The van der Waals surface area contributed by atoms with Gasteiger partial charge in [-0.1, -0.05) is 31.9 Å². The Kier molecular flexibility index (Phi) is 6.09. The van der Waals surface area contributed by atoms with Gasteiger partial charge in [-0.2, -0.15) is 0 Å². The summed E-state index contributed by atoms with van der Waals surface area (Å²) in [5, 5.41) is 9.14. The molecule has 0 fully saturated rings. The summed E-state index contributed by atoms with van der Waals surface area (Å²) in [5.74, 6) is 0.511. The topological polar surface area (TPSA) is 20.2 Å². The van der Waals surface area contributed by atoms with Gasteiger partial charge in [0, 0.05) is 0 Å². The van der Waals surface area contributed by atoms with Crippen molar-refractivity contribution in [2.24, 2.45) is 5.92 Å². The third kappa shape index (κ3) is 6.41. The van der Waals surface area contributed by atoms with E-state index in [1.54, 1.807) is 0 Å². The highest BCUT2D eigenvalue weighted by Gasteiger charge is 2.02. The van der Waals surface area contributed by atoms with Crippen LogP contribution < -0.4 is 0 Å². The van der Waals surface area contributed by atoms with E-state index in [1.807, 2.05) is 6.92 Å². The molecule has 1 nitrogen and oxygen atoms in total. The van der Waals surface area contributed by atoms with E-state index in [2.05, 4.69) is 26.8 Å². The van der Waals surface area contributed by atoms with Gasteiger partial charge in [-0.05, 0) is 32.6 Å². The minimum atomic E-state index is -0.175. The molecule has 0 aliphatic carbocycles. The Morgan fingerprint density at radius 2 is 2.00 bits per heavy atom. The summed E-state index contributed by atoms with van der Waals surface area (Å²) in [6, 6.07) is 0. The predicted octanol–water partition coefficient (Wildman–Crippen LogP) is 3.14. The summed E-state index contributed by atoms with van der Waals surface area (Å²) in [6.07, 6.45) is 5.37. The number of allylic oxidation sites excluding steroid dienone is 2. The molecule has 2 unspecified atom stereocenters. The maximum atomic E-state index is 9.14. The van der Waals surface area contributed by atoms with Crippen LogP contribution in [-0.4, -0.2) is 11.2 Å². The van der Waals surface area contributed by atoms with Gasteiger partial charge in [-0.15, -0.1) is 0 Å². The molecule has 2 atom stereocenters. The molecule has 0 aliphatic heterocycles. The molecule has 1 N–H and O–H groups in total. The van der Waals surface area contributed by atoms with E-state index >= 15 is 0 Å². The number of rotatable bonds is 5. The number of hydrogen-bond donors (Lipinski definition) is 1. The highest BCUT2D eigenvalue weighted by atomic mass is 16.3. The Morgan fingerprint density at radius 3 is 2.42 bits per heavy atom. The molecule has 1 heteroatoms. The Morgan fingerprint density at radius 1 is 1.42 bits per heavy atom. The fourth-order valence-electron chi connectivity index (χ4n) is 1.57. The molecule has 0 amide bonds. The maximum Gasteiger partial charge on any atom is 0.0517 e. The van der Waals surface area contributed by atoms with Crippen LogP contribution in [0.15, 0.2) is 11.6 Å². The molecule has 12 heavy (non-hydrogen) atoms. The lowest BCUT2D eigenvalue weighted by Gasteiger charge is -2.10. The zero-order valence-corrected chi connectivity index (χ0v) is 8.80. The van der Waals surface area contributed by atoms with Gasteiger partial charge < -0.3 is 5.11 Å². The van der Waals surface area contributed by atoms with E-state index in [-0.39, 0.29) is 6.10 Å². The molecule has 0 saturated carbocycles. The third-order valence-corrected chi connectivity index (χ3v) is 1.93. The molecule has 0 aromatic rings. The van der Waals surface area contributed by atoms with Crippen LogP contribution in [0.5, 0.6) is 0 Å². The minimum Gasteiger partial charge on any atom is -0.393 e. The second-order valence-corrected chi connectivity index (χ2v) is 3.83. The molecular formula is C11H22O. The lowest BCUT2D eigenvalue weighted by atomic mass is 10.00. The summed E-state index contributed by atoms with van der Waals surface area (Å²) in [6.45, 7) is 8.37. The van der Waals surface area contributed by atoms with Gasteiger partial charge >= 0.3 is 0 Å². The van der Waals surface area contributed by atoms with E-state index in [1.165, 1.54) is 18.4 Å². The number of hydrogen-bond acceptors (Lipinski definition) is 1. The first-order valence-electron chi connectivity index (χ1n) is 4.91. The second-order valence-electron chi connectivity index (χ2n) is 3.83. The van der Waals surface area contributed by atoms with E-state index in [0.29, 0.717) is 5.92 Å². The normalized spacial score (nSPS) is 17.6. The summed E-state index contributed by atoms with van der Waals surface area (Å²) >= 11 is 0. The summed E-state index contributed by atoms with van der Waals surface area (Å²) in [4.78, 5) is 0. The number of aliphatic hydroxyl groups excluding tert-OH is 1. The summed E-state index contributed by atoms with van der Waals surface area (Å²) in [7, 11) is 0. The maximum absolute atomic E-state index is 9.14. The van der Waals surface area contributed by atoms with Crippen LogP contribution in [0.25, 0.3) is 0 Å². The standard InChI is InChI=1S/C11H22O/c1-5-6-9(2)7-10(3)8-11(4)12/h7,10-12H,5-6,8H2,1-4H3. The first kappa shape index (κ1) is 11.7. The zero-order chi connectivity index (χ0) is 9.56. The van der Waals surface area contributed by atoms with Crippen LogP contribution in [0.4, 0.5) is 0 Å². The van der Waals surface area contributed by atoms with Crippen LogP contribution in [0.1, 0.15) is 47.0 Å². The van der Waals surface area contributed by atoms with Crippen LogP contribution in [0, 0.1) is 5.92 Å². The largest absolute Gasteiger partial charge is 0.393 e. The molecule has 0 heterocycles. The highest BCUT2D eigenvalue weighted by molar-refractivity contribution is 5.00. The Bertz CT molecular complexity index is 136. The van der Waals surface area contributed by atoms with Gasteiger partial charge in [0.05, 0.1) is 6.10 Å². The average molecular weight is 170 g/mol. The molecule has 0 aromatic carbocycles. The van der Waals surface area contributed by atoms with Gasteiger partial charge in [-0.25, -0.2) is 0 Å². The molecule has 0 aliphatic rings. The SMILES string of the molecule is CCCC(C)=CC(C)CC(C)O. The lowest BCUT2D eigenvalue weighted by molar-refractivity contribution is 0.172. The molecule has 0 rings (SSSR count). The van der Waals surface area contributed by atoms with Crippen molar-refractivity contribution in [2.75, 3.05) is 0 Å². The van der Waals surface area contributed by atoms with Crippen molar-refractivity contribution >= 4 is 0 Å². The molecule has 0 aromatic heterocycles. The van der Waals surface area contributed by atoms with Crippen molar-refractivity contribution in [3.8, 4) is 0 Å². The van der Waals surface area contributed by atoms with Crippen LogP contribution in [0.2, 0.25) is 0 Å². The summed E-state index contributed by atoms with van der Waals surface area (Å²) < 4.78 is 0. The molecule has 0 spiro atoms. The first-order chi connectivity index (χ1) is 5.56. The first-order valence-corrected chi connectivity index (χ1v) is 4.91. The summed E-state index contributed by atoms with van der Waals surface area (Å²) in [5.41, 5.74) is 1.45. The van der Waals surface area contributed by atoms with Gasteiger partial charge in [0.2, 0.25) is 0 Å². The molecular weight excluding hydrogens is 148 g/mol. The fourth-order valence-corrected chi connectivity index (χ4v) is 1.57. The van der Waals surface area contributed by atoms with Crippen LogP contribution >= 0.6 is 0 Å². The molecule has 0 bridgehead atoms. The van der Waals surface area contributed by atoms with Crippen LogP contribution in [-0.2, 0) is 0 Å². The van der Waals surface area contributed by atoms with Crippen molar-refractivity contribution in [3.05, 3.63) is 11.6 Å². The second kappa shape index (κ2) is 6.24. The zero-order valence-electron chi connectivity index (χ0n) is 8.80. The lowest BCUT2D eigenvalue weighted by Crippen LogP contribution is -2.05. The number of aliphatic hydroxyl groups is 1. The molecule has 72 valence electrons. The van der Waals surface area contributed by atoms with E-state index in [4.69, 9.17) is 5.11 Å². The van der Waals surface area contributed by atoms with Crippen molar-refractivity contribution in [1.82, 2.24) is 0 Å². The smallest absolute Gasteiger partial charge is 0.0517 e. The third-order valence-electron chi connectivity index (χ3n) is 1.93. The van der Waals surface area contributed by atoms with Crippen molar-refractivity contribution < 1.29 is 5.11 Å². The Balaban J connectivity index is 3.78. The van der Waals surface area contributed by atoms with Crippen molar-refractivity contribution in [2.45, 2.75) is 53.1 Å². The van der Waals surface area contributed by atoms with Crippen LogP contribution in [0.3, 0.4) is 0 Å². The monoisotopic (exact) mass is 170 g/mol. The molecule has 0 saturated heterocycles. The van der Waals surface area contributed by atoms with Crippen molar-refractivity contribution in [3.63, 3.8) is 0 Å². The predicted molar refractivity (Wildman–Crippen MR) is 54.1 cm³/mol. The fraction of sp³-hybridized carbons (Fsp3) is 0.818. The molecule has 0 radical (unpaired) electrons. The van der Waals surface area contributed by atoms with E-state index < -0.39 is 0 Å². The quantitative estimate of drug-likeness (QED) is 0.628. The van der Waals surface area contributed by atoms with Gasteiger partial charge in [-0.3, -0.25) is 0 Å². The average Bonchev–Trinajstić information content (AvgIpc) is 1.84. The van der Waals surface area contributed by atoms with Gasteiger partial charge in [0.25, 0.3) is 0 Å². The Hall–Kier alpha value is -0.300. The minimum absolute atomic E-state index is 0.175. The van der Waals surface area contributed by atoms with Crippen molar-refractivity contribution in [1.29, 1.82) is 0 Å². The Labute approximate surface area is 76.5 Å². The van der Waals surface area contributed by atoms with Gasteiger partial charge in [0.1, 0.15) is 0 Å². The van der Waals surface area contributed by atoms with Gasteiger partial charge in [0.15, 0.2) is 0 Å². The highest BCUT2D eigenvalue weighted by Crippen LogP contribution is 2.12. The van der Waals surface area contributed by atoms with E-state index in [9.17, 15) is 0 Å².